The van der Waals surface area contributed by atoms with E-state index in [1.807, 2.05) is 17.5 Å². The number of hydrogen-bond acceptors (Lipinski definition) is 5. The van der Waals surface area contributed by atoms with Crippen molar-refractivity contribution in [3.63, 3.8) is 0 Å². The quantitative estimate of drug-likeness (QED) is 0.540. The third kappa shape index (κ3) is 3.67. The number of furan rings is 1. The molecule has 0 spiro atoms. The van der Waals surface area contributed by atoms with Crippen molar-refractivity contribution >= 4 is 35.1 Å². The Kier molecular flexibility index (Phi) is 4.98. The smallest absolute Gasteiger partial charge is 0.281 e. The molecule has 0 aliphatic carbocycles. The van der Waals surface area contributed by atoms with Gasteiger partial charge in [0.25, 0.3) is 5.91 Å². The van der Waals surface area contributed by atoms with Crippen LogP contribution in [0.2, 0.25) is 5.02 Å². The molecule has 0 saturated heterocycles. The number of benzene rings is 1. The zero-order chi connectivity index (χ0) is 16.9. The van der Waals surface area contributed by atoms with E-state index in [0.29, 0.717) is 27.2 Å². The maximum atomic E-state index is 11.7. The third-order valence-corrected chi connectivity index (χ3v) is 4.33. The summed E-state index contributed by atoms with van der Waals surface area (Å²) in [6.07, 6.45) is 1.44. The van der Waals surface area contributed by atoms with Crippen LogP contribution in [-0.4, -0.2) is 19.2 Å². The molecule has 5 nitrogen and oxygen atoms in total. The van der Waals surface area contributed by atoms with E-state index >= 15 is 0 Å². The predicted molar refractivity (Wildman–Crippen MR) is 95.1 cm³/mol. The Balaban J connectivity index is 1.68. The summed E-state index contributed by atoms with van der Waals surface area (Å²) in [5.41, 5.74) is 3.27. The van der Waals surface area contributed by atoms with Crippen molar-refractivity contribution in [1.82, 2.24) is 5.43 Å². The number of thiophene rings is 1. The maximum absolute atomic E-state index is 11.7. The maximum Gasteiger partial charge on any atom is 0.281 e. The second kappa shape index (κ2) is 7.33. The monoisotopic (exact) mass is 360 g/mol. The molecule has 0 saturated carbocycles. The van der Waals surface area contributed by atoms with Crippen molar-refractivity contribution in [2.24, 2.45) is 5.10 Å². The number of amides is 1. The first-order chi connectivity index (χ1) is 11.7. The minimum Gasteiger partial charge on any atom is -0.495 e. The molecule has 3 rings (SSSR count). The second-order valence-electron chi connectivity index (χ2n) is 4.73. The number of nitrogens with one attached hydrogen (secondary N) is 1. The van der Waals surface area contributed by atoms with Gasteiger partial charge in [-0.3, -0.25) is 4.79 Å². The van der Waals surface area contributed by atoms with E-state index in [-0.39, 0.29) is 5.91 Å². The van der Waals surface area contributed by atoms with Gasteiger partial charge in [-0.25, -0.2) is 5.43 Å². The molecule has 0 atom stereocenters. The summed E-state index contributed by atoms with van der Waals surface area (Å²) in [4.78, 5) is 12.3. The van der Waals surface area contributed by atoms with Crippen LogP contribution in [0.3, 0.4) is 0 Å². The Labute approximate surface area is 147 Å². The van der Waals surface area contributed by atoms with Crippen LogP contribution in [0, 0.1) is 0 Å². The molecule has 7 heteroatoms. The lowest BCUT2D eigenvalue weighted by atomic mass is 10.2. The highest BCUT2D eigenvalue weighted by atomic mass is 35.5. The fourth-order valence-electron chi connectivity index (χ4n) is 2.01. The van der Waals surface area contributed by atoms with E-state index in [0.717, 1.165) is 5.56 Å². The molecule has 0 bridgehead atoms. The van der Waals surface area contributed by atoms with Gasteiger partial charge in [-0.05, 0) is 41.8 Å². The van der Waals surface area contributed by atoms with Gasteiger partial charge in [0.2, 0.25) is 0 Å². The topological polar surface area (TPSA) is 63.8 Å². The number of halogens is 1. The van der Waals surface area contributed by atoms with Crippen molar-refractivity contribution in [3.8, 4) is 17.1 Å². The minimum atomic E-state index is -0.255. The van der Waals surface area contributed by atoms with Gasteiger partial charge in [0.1, 0.15) is 17.3 Å². The zero-order valence-corrected chi connectivity index (χ0v) is 14.2. The van der Waals surface area contributed by atoms with Gasteiger partial charge < -0.3 is 9.15 Å². The Morgan fingerprint density at radius 3 is 2.92 bits per heavy atom. The van der Waals surface area contributed by atoms with Gasteiger partial charge in [-0.2, -0.15) is 5.10 Å². The minimum absolute atomic E-state index is 0.255. The number of rotatable bonds is 5. The van der Waals surface area contributed by atoms with Crippen molar-refractivity contribution in [2.75, 3.05) is 7.11 Å². The van der Waals surface area contributed by atoms with Crippen LogP contribution in [0.1, 0.15) is 15.4 Å². The molecular weight excluding hydrogens is 348 g/mol. The highest BCUT2D eigenvalue weighted by Gasteiger charge is 2.08. The van der Waals surface area contributed by atoms with Crippen LogP contribution in [0.4, 0.5) is 0 Å². The molecule has 0 aliphatic heterocycles. The first-order valence-electron chi connectivity index (χ1n) is 6.98. The number of hydrazone groups is 1. The molecule has 3 aromatic rings. The van der Waals surface area contributed by atoms with E-state index in [1.165, 1.54) is 17.6 Å². The summed E-state index contributed by atoms with van der Waals surface area (Å²) in [5, 5.41) is 6.23. The lowest BCUT2D eigenvalue weighted by Crippen LogP contribution is -2.15. The van der Waals surface area contributed by atoms with Crippen LogP contribution < -0.4 is 10.2 Å². The molecule has 2 aromatic heterocycles. The molecule has 2 heterocycles. The molecular formula is C17H13ClN2O3S. The highest BCUT2D eigenvalue weighted by Crippen LogP contribution is 2.30. The molecule has 1 aromatic carbocycles. The summed E-state index contributed by atoms with van der Waals surface area (Å²) in [5.74, 6) is 1.51. The standard InChI is InChI=1S/C17H13ClN2O3S/c1-22-15-6-4-11(9-13(15)18)14-7-5-12(23-14)10-19-20-17(21)16-3-2-8-24-16/h2-10H,1H3,(H,20,21)/b19-10-. The molecule has 0 radical (unpaired) electrons. The van der Waals surface area contributed by atoms with Gasteiger partial charge in [-0.1, -0.05) is 17.7 Å². The Hall–Kier alpha value is -2.57. The van der Waals surface area contributed by atoms with E-state index in [9.17, 15) is 4.79 Å². The number of nitrogens with zero attached hydrogens (tertiary/aromatic N) is 1. The van der Waals surface area contributed by atoms with Crippen LogP contribution in [0.5, 0.6) is 5.75 Å². The van der Waals surface area contributed by atoms with Crippen LogP contribution in [0.25, 0.3) is 11.3 Å². The van der Waals surface area contributed by atoms with Crippen molar-refractivity contribution in [1.29, 1.82) is 0 Å². The van der Waals surface area contributed by atoms with Crippen molar-refractivity contribution < 1.29 is 13.9 Å². The number of hydrogen-bond donors (Lipinski definition) is 1. The van der Waals surface area contributed by atoms with Crippen molar-refractivity contribution in [3.05, 3.63) is 63.5 Å². The number of carbonyl (C=O) groups excluding carboxylic acids is 1. The Bertz CT molecular complexity index is 872. The summed E-state index contributed by atoms with van der Waals surface area (Å²) in [6, 6.07) is 12.5. The molecule has 1 amide bonds. The van der Waals surface area contributed by atoms with Crippen LogP contribution in [-0.2, 0) is 0 Å². The molecule has 1 N–H and O–H groups in total. The first-order valence-corrected chi connectivity index (χ1v) is 8.24. The SMILES string of the molecule is COc1ccc(-c2ccc(/C=N\NC(=O)c3cccs3)o2)cc1Cl. The molecule has 122 valence electrons. The van der Waals surface area contributed by atoms with E-state index < -0.39 is 0 Å². The Morgan fingerprint density at radius 2 is 2.21 bits per heavy atom. The number of ether oxygens (including phenoxy) is 1. The average Bonchev–Trinajstić information content (AvgIpc) is 3.26. The lowest BCUT2D eigenvalue weighted by molar-refractivity contribution is 0.0959. The van der Waals surface area contributed by atoms with Crippen molar-refractivity contribution in [2.45, 2.75) is 0 Å². The van der Waals surface area contributed by atoms with E-state index in [1.54, 1.807) is 37.4 Å². The zero-order valence-electron chi connectivity index (χ0n) is 12.7. The van der Waals surface area contributed by atoms with E-state index in [2.05, 4.69) is 10.5 Å². The van der Waals surface area contributed by atoms with Crippen LogP contribution >= 0.6 is 22.9 Å². The van der Waals surface area contributed by atoms with Gasteiger partial charge in [0.05, 0.1) is 23.2 Å². The van der Waals surface area contributed by atoms with Gasteiger partial charge in [0.15, 0.2) is 0 Å². The molecule has 0 unspecified atom stereocenters. The summed E-state index contributed by atoms with van der Waals surface area (Å²) < 4.78 is 10.8. The number of carbonyl (C=O) groups is 1. The summed E-state index contributed by atoms with van der Waals surface area (Å²) in [6.45, 7) is 0. The average molecular weight is 361 g/mol. The van der Waals surface area contributed by atoms with Crippen LogP contribution in [0.15, 0.2) is 57.4 Å². The fourth-order valence-corrected chi connectivity index (χ4v) is 2.89. The second-order valence-corrected chi connectivity index (χ2v) is 6.08. The van der Waals surface area contributed by atoms with Gasteiger partial charge in [0, 0.05) is 5.56 Å². The predicted octanol–water partition coefficient (Wildman–Crippen LogP) is 4.43. The largest absolute Gasteiger partial charge is 0.495 e. The van der Waals surface area contributed by atoms with E-state index in [4.69, 9.17) is 20.8 Å². The first kappa shape index (κ1) is 16.3. The molecule has 0 fully saturated rings. The Morgan fingerprint density at radius 1 is 1.33 bits per heavy atom. The fraction of sp³-hybridized carbons (Fsp3) is 0.0588. The lowest BCUT2D eigenvalue weighted by Gasteiger charge is -2.04. The normalized spacial score (nSPS) is 10.9. The highest BCUT2D eigenvalue weighted by molar-refractivity contribution is 7.12. The summed E-state index contributed by atoms with van der Waals surface area (Å²) >= 11 is 7.46. The number of methoxy groups -OCH3 is 1. The van der Waals surface area contributed by atoms with Gasteiger partial charge in [-0.15, -0.1) is 11.3 Å². The van der Waals surface area contributed by atoms with Gasteiger partial charge >= 0.3 is 0 Å². The molecule has 0 aliphatic rings. The summed E-state index contributed by atoms with van der Waals surface area (Å²) in [7, 11) is 1.56. The third-order valence-electron chi connectivity index (χ3n) is 3.17. The molecule has 24 heavy (non-hydrogen) atoms.